The van der Waals surface area contributed by atoms with Crippen molar-refractivity contribution >= 4 is 21.7 Å². The fourth-order valence-electron chi connectivity index (χ4n) is 4.42. The van der Waals surface area contributed by atoms with E-state index in [0.717, 1.165) is 0 Å². The number of benzene rings is 1. The van der Waals surface area contributed by atoms with Gasteiger partial charge in [-0.1, -0.05) is 37.3 Å². The van der Waals surface area contributed by atoms with Crippen LogP contribution in [0.25, 0.3) is 11.5 Å². The average molecular weight is 572 g/mol. The standard InChI is InChI=1S/C27H33N5O7S/c1-2-22(24(34)27-31-30-26(39-27)20-8-10-28-11-9-20)29-25(35)21(16-23(33)32-12-14-38-15-13-32)18-40(36,37)17-19-6-4-3-5-7-19/h3-11,21-22,24,34H,2,12-18H2,1H3,(H,29,35). The minimum absolute atomic E-state index is 0.100. The number of rotatable bonds is 12. The van der Waals surface area contributed by atoms with Crippen LogP contribution in [0.1, 0.15) is 37.3 Å². The van der Waals surface area contributed by atoms with Crippen molar-refractivity contribution < 1.29 is 32.3 Å². The number of aliphatic hydroxyl groups is 1. The lowest BCUT2D eigenvalue weighted by Crippen LogP contribution is -2.47. The third kappa shape index (κ3) is 7.93. The number of sulfone groups is 1. The van der Waals surface area contributed by atoms with Crippen LogP contribution in [0.4, 0.5) is 0 Å². The second-order valence-corrected chi connectivity index (χ2v) is 11.7. The first-order valence-corrected chi connectivity index (χ1v) is 14.9. The highest BCUT2D eigenvalue weighted by Crippen LogP contribution is 2.24. The number of nitrogens with zero attached hydrogens (tertiary/aromatic N) is 4. The number of aromatic nitrogens is 3. The molecule has 1 aliphatic rings. The maximum absolute atomic E-state index is 13.5. The van der Waals surface area contributed by atoms with Gasteiger partial charge in [0, 0.05) is 37.5 Å². The van der Waals surface area contributed by atoms with Crippen LogP contribution < -0.4 is 5.32 Å². The van der Waals surface area contributed by atoms with Gasteiger partial charge in [-0.3, -0.25) is 14.6 Å². The molecule has 1 aromatic carbocycles. The second kappa shape index (κ2) is 13.6. The Hall–Kier alpha value is -3.68. The minimum Gasteiger partial charge on any atom is -0.418 e. The first-order valence-electron chi connectivity index (χ1n) is 13.1. The van der Waals surface area contributed by atoms with E-state index in [1.165, 1.54) is 0 Å². The fourth-order valence-corrected chi connectivity index (χ4v) is 6.12. The number of carbonyl (C=O) groups is 2. The van der Waals surface area contributed by atoms with Crippen LogP contribution in [0.3, 0.4) is 0 Å². The van der Waals surface area contributed by atoms with E-state index in [-0.39, 0.29) is 36.3 Å². The van der Waals surface area contributed by atoms with Crippen LogP contribution in [0.2, 0.25) is 0 Å². The molecule has 0 aliphatic carbocycles. The predicted molar refractivity (Wildman–Crippen MR) is 144 cm³/mol. The summed E-state index contributed by atoms with van der Waals surface area (Å²) in [5, 5.41) is 21.6. The van der Waals surface area contributed by atoms with Crippen LogP contribution >= 0.6 is 0 Å². The molecule has 3 atom stereocenters. The van der Waals surface area contributed by atoms with Crippen molar-refractivity contribution in [1.82, 2.24) is 25.4 Å². The largest absolute Gasteiger partial charge is 0.418 e. The Bertz CT molecular complexity index is 1360. The number of carbonyl (C=O) groups excluding carboxylic acids is 2. The Kier molecular flexibility index (Phi) is 9.96. The Labute approximate surface area is 232 Å². The van der Waals surface area contributed by atoms with Crippen LogP contribution in [0.15, 0.2) is 59.3 Å². The zero-order valence-electron chi connectivity index (χ0n) is 22.2. The van der Waals surface area contributed by atoms with Gasteiger partial charge in [0.1, 0.15) is 0 Å². The minimum atomic E-state index is -3.76. The highest BCUT2D eigenvalue weighted by Gasteiger charge is 2.34. The van der Waals surface area contributed by atoms with Crippen LogP contribution in [0, 0.1) is 5.92 Å². The highest BCUT2D eigenvalue weighted by atomic mass is 32.2. The first-order chi connectivity index (χ1) is 19.3. The zero-order valence-corrected chi connectivity index (χ0v) is 23.0. The number of aliphatic hydroxyl groups excluding tert-OH is 1. The lowest BCUT2D eigenvalue weighted by atomic mass is 10.0. The van der Waals surface area contributed by atoms with Crippen molar-refractivity contribution in [3.05, 3.63) is 66.3 Å². The van der Waals surface area contributed by atoms with Gasteiger partial charge in [-0.2, -0.15) is 0 Å². The van der Waals surface area contributed by atoms with Crippen molar-refractivity contribution in [3.63, 3.8) is 0 Å². The predicted octanol–water partition coefficient (Wildman–Crippen LogP) is 1.54. The smallest absolute Gasteiger partial charge is 0.248 e. The van der Waals surface area contributed by atoms with Crippen LogP contribution in [-0.4, -0.2) is 83.5 Å². The van der Waals surface area contributed by atoms with Crippen molar-refractivity contribution in [3.8, 4) is 11.5 Å². The van der Waals surface area contributed by atoms with E-state index in [9.17, 15) is 23.1 Å². The van der Waals surface area contributed by atoms with Crippen molar-refractivity contribution in [2.75, 3.05) is 32.1 Å². The summed E-state index contributed by atoms with van der Waals surface area (Å²) >= 11 is 0. The number of nitrogens with one attached hydrogen (secondary N) is 1. The quantitative estimate of drug-likeness (QED) is 0.326. The number of hydrogen-bond acceptors (Lipinski definition) is 10. The summed E-state index contributed by atoms with van der Waals surface area (Å²) in [4.78, 5) is 32.0. The molecule has 1 fully saturated rings. The maximum Gasteiger partial charge on any atom is 0.248 e. The molecule has 0 spiro atoms. The van der Waals surface area contributed by atoms with Crippen LogP contribution in [-0.2, 0) is 29.9 Å². The molecule has 12 nitrogen and oxygen atoms in total. The molecule has 2 amide bonds. The summed E-state index contributed by atoms with van der Waals surface area (Å²) in [6, 6.07) is 11.1. The summed E-state index contributed by atoms with van der Waals surface area (Å²) in [5.41, 5.74) is 1.20. The van der Waals surface area contributed by atoms with Gasteiger partial charge in [-0.15, -0.1) is 10.2 Å². The lowest BCUT2D eigenvalue weighted by Gasteiger charge is -2.29. The van der Waals surface area contributed by atoms with E-state index in [1.54, 1.807) is 66.7 Å². The van der Waals surface area contributed by atoms with E-state index < -0.39 is 39.6 Å². The maximum atomic E-state index is 13.5. The van der Waals surface area contributed by atoms with E-state index in [4.69, 9.17) is 9.15 Å². The molecule has 0 bridgehead atoms. The molecular formula is C27H33N5O7S. The number of morpholine rings is 1. The van der Waals surface area contributed by atoms with Gasteiger partial charge in [0.05, 0.1) is 36.7 Å². The average Bonchev–Trinajstić information content (AvgIpc) is 3.47. The number of ether oxygens (including phenoxy) is 1. The molecule has 13 heteroatoms. The Morgan fingerprint density at radius 1 is 1.07 bits per heavy atom. The summed E-state index contributed by atoms with van der Waals surface area (Å²) in [6.45, 7) is 3.25. The van der Waals surface area contributed by atoms with Gasteiger partial charge in [-0.05, 0) is 24.1 Å². The van der Waals surface area contributed by atoms with E-state index in [1.807, 2.05) is 0 Å². The molecule has 2 aromatic heterocycles. The van der Waals surface area contributed by atoms with Gasteiger partial charge < -0.3 is 24.5 Å². The molecule has 4 rings (SSSR count). The third-order valence-electron chi connectivity index (χ3n) is 6.61. The Morgan fingerprint density at radius 2 is 1.77 bits per heavy atom. The molecule has 3 unspecified atom stereocenters. The summed E-state index contributed by atoms with van der Waals surface area (Å²) in [6.07, 6.45) is 1.76. The fraction of sp³-hybridized carbons (Fsp3) is 0.444. The Morgan fingerprint density at radius 3 is 2.45 bits per heavy atom. The number of hydrogen-bond donors (Lipinski definition) is 2. The number of pyridine rings is 1. The molecule has 0 radical (unpaired) electrons. The monoisotopic (exact) mass is 571 g/mol. The molecule has 1 aliphatic heterocycles. The zero-order chi connectivity index (χ0) is 28.5. The van der Waals surface area contributed by atoms with Gasteiger partial charge >= 0.3 is 0 Å². The highest BCUT2D eigenvalue weighted by molar-refractivity contribution is 7.90. The van der Waals surface area contributed by atoms with Gasteiger partial charge in [-0.25, -0.2) is 8.42 Å². The summed E-state index contributed by atoms with van der Waals surface area (Å²) < 4.78 is 37.1. The molecule has 1 saturated heterocycles. The normalized spacial score (nSPS) is 16.2. The van der Waals surface area contributed by atoms with Crippen LogP contribution in [0.5, 0.6) is 0 Å². The molecule has 3 heterocycles. The summed E-state index contributed by atoms with van der Waals surface area (Å²) in [5.74, 6) is -2.86. The van der Waals surface area contributed by atoms with Gasteiger partial charge in [0.25, 0.3) is 0 Å². The molecular weight excluding hydrogens is 538 g/mol. The van der Waals surface area contributed by atoms with E-state index >= 15 is 0 Å². The third-order valence-corrected chi connectivity index (χ3v) is 8.29. The molecule has 40 heavy (non-hydrogen) atoms. The SMILES string of the molecule is CCC(NC(=O)C(CC(=O)N1CCOCC1)CS(=O)(=O)Cc1ccccc1)C(O)c1nnc(-c2ccncc2)o1. The lowest BCUT2D eigenvalue weighted by molar-refractivity contribution is -0.139. The van der Waals surface area contributed by atoms with Crippen molar-refractivity contribution in [2.24, 2.45) is 5.92 Å². The Balaban J connectivity index is 1.49. The molecule has 214 valence electrons. The second-order valence-electron chi connectivity index (χ2n) is 9.58. The summed E-state index contributed by atoms with van der Waals surface area (Å²) in [7, 11) is -3.76. The number of amides is 2. The van der Waals surface area contributed by atoms with Crippen molar-refractivity contribution in [2.45, 2.75) is 37.7 Å². The molecule has 3 aromatic rings. The van der Waals surface area contributed by atoms with Crippen molar-refractivity contribution in [1.29, 1.82) is 0 Å². The van der Waals surface area contributed by atoms with Gasteiger partial charge in [0.2, 0.25) is 23.6 Å². The van der Waals surface area contributed by atoms with Gasteiger partial charge in [0.15, 0.2) is 15.9 Å². The van der Waals surface area contributed by atoms with E-state index in [0.29, 0.717) is 37.4 Å². The molecule has 2 N–H and O–H groups in total. The topological polar surface area (TPSA) is 165 Å². The van der Waals surface area contributed by atoms with E-state index in [2.05, 4.69) is 20.5 Å². The molecule has 0 saturated carbocycles. The first kappa shape index (κ1) is 29.3.